The molecule has 4 nitrogen and oxygen atoms in total. The highest BCUT2D eigenvalue weighted by Crippen LogP contribution is 2.43. The van der Waals surface area contributed by atoms with Crippen LogP contribution in [0.15, 0.2) is 34.8 Å². The first-order valence-corrected chi connectivity index (χ1v) is 8.37. The maximum Gasteiger partial charge on any atom is 0.101 e. The van der Waals surface area contributed by atoms with E-state index in [0.29, 0.717) is 11.5 Å². The van der Waals surface area contributed by atoms with E-state index in [1.807, 2.05) is 24.4 Å². The van der Waals surface area contributed by atoms with Crippen molar-refractivity contribution in [3.63, 3.8) is 0 Å². The third kappa shape index (κ3) is 2.39. The number of benzene rings is 1. The number of hydrogen-bond donors (Lipinski definition) is 2. The smallest absolute Gasteiger partial charge is 0.101 e. The molecule has 0 saturated heterocycles. The SMILES string of the molecule is N#Cc1c[nH]c2c(NSc3cnc(C4CC4)s3)cccc12. The summed E-state index contributed by atoms with van der Waals surface area (Å²) in [6, 6.07) is 8.13. The van der Waals surface area contributed by atoms with Gasteiger partial charge in [0.15, 0.2) is 0 Å². The summed E-state index contributed by atoms with van der Waals surface area (Å²) in [4.78, 5) is 7.64. The molecule has 6 heteroatoms. The maximum atomic E-state index is 9.08. The van der Waals surface area contributed by atoms with E-state index in [0.717, 1.165) is 16.6 Å². The second-order valence-corrected chi connectivity index (χ2v) is 7.21. The third-order valence-electron chi connectivity index (χ3n) is 3.53. The lowest BCUT2D eigenvalue weighted by atomic mass is 10.2. The molecule has 1 saturated carbocycles. The molecular weight excluding hydrogens is 300 g/mol. The number of H-pyrrole nitrogens is 1. The molecule has 0 bridgehead atoms. The van der Waals surface area contributed by atoms with E-state index >= 15 is 0 Å². The van der Waals surface area contributed by atoms with Gasteiger partial charge in [-0.1, -0.05) is 12.1 Å². The fraction of sp³-hybridized carbons (Fsp3) is 0.200. The van der Waals surface area contributed by atoms with E-state index in [1.165, 1.54) is 22.1 Å². The molecule has 2 heterocycles. The Morgan fingerprint density at radius 2 is 2.33 bits per heavy atom. The van der Waals surface area contributed by atoms with Gasteiger partial charge in [-0.25, -0.2) is 4.98 Å². The monoisotopic (exact) mass is 312 g/mol. The minimum Gasteiger partial charge on any atom is -0.358 e. The average Bonchev–Trinajstić information content (AvgIpc) is 3.11. The highest BCUT2D eigenvalue weighted by molar-refractivity contribution is 8.02. The standard InChI is InChI=1S/C15H12N4S2/c16-6-10-7-17-14-11(10)2-1-3-12(14)19-21-13-8-18-15(20-13)9-4-5-9/h1-3,7-9,17,19H,4-5H2. The lowest BCUT2D eigenvalue weighted by molar-refractivity contribution is 1.08. The van der Waals surface area contributed by atoms with Crippen molar-refractivity contribution in [2.75, 3.05) is 4.72 Å². The van der Waals surface area contributed by atoms with Crippen LogP contribution in [-0.2, 0) is 0 Å². The van der Waals surface area contributed by atoms with Crippen LogP contribution in [0.4, 0.5) is 5.69 Å². The van der Waals surface area contributed by atoms with Gasteiger partial charge in [0.25, 0.3) is 0 Å². The molecule has 1 aliphatic carbocycles. The Morgan fingerprint density at radius 1 is 1.43 bits per heavy atom. The zero-order valence-electron chi connectivity index (χ0n) is 11.1. The Labute approximate surface area is 130 Å². The van der Waals surface area contributed by atoms with E-state index in [2.05, 4.69) is 20.8 Å². The fourth-order valence-corrected chi connectivity index (χ4v) is 4.13. The quantitative estimate of drug-likeness (QED) is 0.697. The topological polar surface area (TPSA) is 64.5 Å². The number of aromatic amines is 1. The summed E-state index contributed by atoms with van der Waals surface area (Å²) in [7, 11) is 0. The first-order chi connectivity index (χ1) is 10.3. The highest BCUT2D eigenvalue weighted by Gasteiger charge is 2.26. The number of rotatable bonds is 4. The predicted octanol–water partition coefficient (Wildman–Crippen LogP) is 4.49. The van der Waals surface area contributed by atoms with Crippen LogP contribution < -0.4 is 4.72 Å². The number of para-hydroxylation sites is 1. The second-order valence-electron chi connectivity index (χ2n) is 5.04. The molecule has 1 aliphatic rings. The number of nitrogens with zero attached hydrogens (tertiary/aromatic N) is 2. The van der Waals surface area contributed by atoms with E-state index in [4.69, 9.17) is 5.26 Å². The zero-order chi connectivity index (χ0) is 14.2. The van der Waals surface area contributed by atoms with Crippen molar-refractivity contribution in [1.29, 1.82) is 5.26 Å². The number of fused-ring (bicyclic) bond motifs is 1. The van der Waals surface area contributed by atoms with Crippen molar-refractivity contribution >= 4 is 39.9 Å². The van der Waals surface area contributed by atoms with Crippen LogP contribution in [0.1, 0.15) is 29.3 Å². The summed E-state index contributed by atoms with van der Waals surface area (Å²) in [5, 5.41) is 11.3. The number of nitrogens with one attached hydrogen (secondary N) is 2. The van der Waals surface area contributed by atoms with Crippen molar-refractivity contribution < 1.29 is 0 Å². The molecule has 3 aromatic rings. The van der Waals surface area contributed by atoms with Crippen LogP contribution in [-0.4, -0.2) is 9.97 Å². The molecule has 1 aromatic carbocycles. The van der Waals surface area contributed by atoms with Gasteiger partial charge >= 0.3 is 0 Å². The summed E-state index contributed by atoms with van der Waals surface area (Å²) in [6.45, 7) is 0. The van der Waals surface area contributed by atoms with Gasteiger partial charge in [-0.2, -0.15) is 5.26 Å². The molecule has 0 unspecified atom stereocenters. The van der Waals surface area contributed by atoms with Gasteiger partial charge in [-0.05, 0) is 30.9 Å². The van der Waals surface area contributed by atoms with Crippen molar-refractivity contribution in [3.8, 4) is 6.07 Å². The number of aromatic nitrogens is 2. The first-order valence-electron chi connectivity index (χ1n) is 6.74. The van der Waals surface area contributed by atoms with Gasteiger partial charge in [-0.3, -0.25) is 0 Å². The van der Waals surface area contributed by atoms with E-state index in [1.54, 1.807) is 29.5 Å². The maximum absolute atomic E-state index is 9.08. The number of anilines is 1. The molecule has 0 aliphatic heterocycles. The van der Waals surface area contributed by atoms with Gasteiger partial charge in [-0.15, -0.1) is 11.3 Å². The molecule has 2 N–H and O–H groups in total. The normalized spacial score (nSPS) is 14.2. The summed E-state index contributed by atoms with van der Waals surface area (Å²) < 4.78 is 4.53. The largest absolute Gasteiger partial charge is 0.358 e. The minimum atomic E-state index is 0.674. The van der Waals surface area contributed by atoms with E-state index < -0.39 is 0 Å². The minimum absolute atomic E-state index is 0.674. The summed E-state index contributed by atoms with van der Waals surface area (Å²) in [5.74, 6) is 0.703. The molecule has 4 rings (SSSR count). The fourth-order valence-electron chi connectivity index (χ4n) is 2.28. The second kappa shape index (κ2) is 5.10. The van der Waals surface area contributed by atoms with Gasteiger partial charge < -0.3 is 9.71 Å². The Hall–Kier alpha value is -1.97. The Morgan fingerprint density at radius 3 is 3.14 bits per heavy atom. The molecule has 0 amide bonds. The van der Waals surface area contributed by atoms with Gasteiger partial charge in [0, 0.05) is 17.5 Å². The van der Waals surface area contributed by atoms with Crippen LogP contribution >= 0.6 is 23.3 Å². The predicted molar refractivity (Wildman–Crippen MR) is 86.6 cm³/mol. The molecule has 0 atom stereocenters. The van der Waals surface area contributed by atoms with Crippen LogP contribution in [0, 0.1) is 11.3 Å². The lowest BCUT2D eigenvalue weighted by Gasteiger charge is -2.04. The van der Waals surface area contributed by atoms with Crippen LogP contribution in [0.3, 0.4) is 0 Å². The average molecular weight is 312 g/mol. The lowest BCUT2D eigenvalue weighted by Crippen LogP contribution is -1.86. The number of hydrogen-bond acceptors (Lipinski definition) is 5. The Kier molecular flexibility index (Phi) is 3.09. The number of nitriles is 1. The molecule has 0 radical (unpaired) electrons. The molecule has 21 heavy (non-hydrogen) atoms. The summed E-state index contributed by atoms with van der Waals surface area (Å²) in [6.07, 6.45) is 6.25. The van der Waals surface area contributed by atoms with Crippen molar-refractivity contribution in [2.45, 2.75) is 23.0 Å². The molecule has 2 aromatic heterocycles. The highest BCUT2D eigenvalue weighted by atomic mass is 32.2. The van der Waals surface area contributed by atoms with Gasteiger partial charge in [0.05, 0.1) is 28.0 Å². The van der Waals surface area contributed by atoms with Crippen LogP contribution in [0.2, 0.25) is 0 Å². The molecular formula is C15H12N4S2. The van der Waals surface area contributed by atoms with Gasteiger partial charge in [0.2, 0.25) is 0 Å². The molecule has 104 valence electrons. The Bertz CT molecular complexity index is 839. The molecule has 0 spiro atoms. The van der Waals surface area contributed by atoms with Crippen molar-refractivity contribution in [1.82, 2.24) is 9.97 Å². The van der Waals surface area contributed by atoms with Crippen LogP contribution in [0.5, 0.6) is 0 Å². The van der Waals surface area contributed by atoms with Crippen molar-refractivity contribution in [2.24, 2.45) is 0 Å². The van der Waals surface area contributed by atoms with E-state index in [-0.39, 0.29) is 0 Å². The Balaban J connectivity index is 1.56. The third-order valence-corrected chi connectivity index (χ3v) is 5.61. The van der Waals surface area contributed by atoms with Gasteiger partial charge in [0.1, 0.15) is 10.3 Å². The molecule has 1 fully saturated rings. The first kappa shape index (κ1) is 12.7. The summed E-state index contributed by atoms with van der Waals surface area (Å²) >= 11 is 3.34. The summed E-state index contributed by atoms with van der Waals surface area (Å²) in [5.41, 5.74) is 2.63. The number of thiazole rings is 1. The van der Waals surface area contributed by atoms with Crippen molar-refractivity contribution in [3.05, 3.63) is 41.2 Å². The zero-order valence-corrected chi connectivity index (χ0v) is 12.7. The van der Waals surface area contributed by atoms with Crippen LogP contribution in [0.25, 0.3) is 10.9 Å². The van der Waals surface area contributed by atoms with E-state index in [9.17, 15) is 0 Å².